The van der Waals surface area contributed by atoms with E-state index in [-0.39, 0.29) is 54.1 Å². The van der Waals surface area contributed by atoms with E-state index in [1.807, 2.05) is 18.2 Å². The molecule has 4 rings (SSSR count). The van der Waals surface area contributed by atoms with Crippen LogP contribution in [-0.4, -0.2) is 55.1 Å². The third-order valence-electron chi connectivity index (χ3n) is 5.81. The number of carbonyl (C=O) groups excluding carboxylic acids is 2. The maximum Gasteiger partial charge on any atom is 0.324 e. The molecular weight excluding hydrogens is 485 g/mol. The molecule has 1 saturated carbocycles. The standard InChI is InChI=1S/C20H27N5O3.HI/c1-21-18(22-10-11-25-17(26)13-23-19(25)27)24-15-12-20(8-4-5-9-20)28-16-7-3-2-6-14(15)16;/h2-3,6-7,15H,4-5,8-13H2,1H3,(H,23,27)(H2,21,22,24);1H. The molecule has 2 heterocycles. The van der Waals surface area contributed by atoms with E-state index in [9.17, 15) is 9.59 Å². The second-order valence-electron chi connectivity index (χ2n) is 7.63. The number of ether oxygens (including phenoxy) is 1. The molecule has 1 aromatic rings. The van der Waals surface area contributed by atoms with Gasteiger partial charge in [-0.05, 0) is 31.7 Å². The normalized spacial score (nSPS) is 22.6. The molecule has 0 aromatic heterocycles. The Kier molecular flexibility index (Phi) is 6.86. The zero-order valence-corrected chi connectivity index (χ0v) is 18.9. The number of aliphatic imine (C=N–C) groups is 1. The van der Waals surface area contributed by atoms with Crippen molar-refractivity contribution in [3.8, 4) is 5.75 Å². The minimum atomic E-state index is -0.337. The topological polar surface area (TPSA) is 95.1 Å². The van der Waals surface area contributed by atoms with Crippen molar-refractivity contribution in [2.45, 2.75) is 43.7 Å². The maximum atomic E-state index is 11.7. The highest BCUT2D eigenvalue weighted by Gasteiger charge is 2.43. The van der Waals surface area contributed by atoms with Crippen molar-refractivity contribution in [2.24, 2.45) is 4.99 Å². The molecule has 9 heteroatoms. The van der Waals surface area contributed by atoms with Crippen LogP contribution in [0.1, 0.15) is 43.7 Å². The van der Waals surface area contributed by atoms with Crippen molar-refractivity contribution in [3.05, 3.63) is 29.8 Å². The molecule has 8 nitrogen and oxygen atoms in total. The Labute approximate surface area is 187 Å². The van der Waals surface area contributed by atoms with E-state index in [0.29, 0.717) is 19.0 Å². The van der Waals surface area contributed by atoms with Crippen LogP contribution in [0, 0.1) is 0 Å². The van der Waals surface area contributed by atoms with Crippen LogP contribution < -0.4 is 20.7 Å². The molecule has 29 heavy (non-hydrogen) atoms. The van der Waals surface area contributed by atoms with E-state index in [1.54, 1.807) is 7.05 Å². The number of guanidine groups is 1. The summed E-state index contributed by atoms with van der Waals surface area (Å²) in [6.45, 7) is 0.821. The van der Waals surface area contributed by atoms with Crippen LogP contribution in [0.3, 0.4) is 0 Å². The first-order chi connectivity index (χ1) is 13.6. The molecule has 1 spiro atoms. The predicted molar refractivity (Wildman–Crippen MR) is 121 cm³/mol. The lowest BCUT2D eigenvalue weighted by molar-refractivity contribution is -0.124. The van der Waals surface area contributed by atoms with Crippen molar-refractivity contribution in [2.75, 3.05) is 26.7 Å². The lowest BCUT2D eigenvalue weighted by atomic mass is 9.86. The summed E-state index contributed by atoms with van der Waals surface area (Å²) in [5.74, 6) is 1.40. The fourth-order valence-corrected chi connectivity index (χ4v) is 4.40. The number of hydrogen-bond donors (Lipinski definition) is 3. The van der Waals surface area contributed by atoms with E-state index in [0.717, 1.165) is 30.6 Å². The van der Waals surface area contributed by atoms with Gasteiger partial charge in [0.05, 0.1) is 12.6 Å². The smallest absolute Gasteiger partial charge is 0.324 e. The van der Waals surface area contributed by atoms with Crippen LogP contribution in [0.15, 0.2) is 29.3 Å². The van der Waals surface area contributed by atoms with Gasteiger partial charge < -0.3 is 20.7 Å². The molecule has 1 atom stereocenters. The molecule has 1 saturated heterocycles. The number of imide groups is 1. The molecular formula is C20H28IN5O3. The maximum absolute atomic E-state index is 11.7. The summed E-state index contributed by atoms with van der Waals surface area (Å²) in [5.41, 5.74) is 1.04. The van der Waals surface area contributed by atoms with Gasteiger partial charge in [0.2, 0.25) is 5.91 Å². The first kappa shape index (κ1) is 21.7. The minimum Gasteiger partial charge on any atom is -0.487 e. The number of benzene rings is 1. The number of amides is 3. The summed E-state index contributed by atoms with van der Waals surface area (Å²) in [7, 11) is 1.72. The second kappa shape index (κ2) is 9.19. The van der Waals surface area contributed by atoms with Gasteiger partial charge in [0.25, 0.3) is 0 Å². The third-order valence-corrected chi connectivity index (χ3v) is 5.81. The van der Waals surface area contributed by atoms with E-state index in [2.05, 4.69) is 27.0 Å². The average molecular weight is 513 g/mol. The number of hydrogen-bond acceptors (Lipinski definition) is 4. The zero-order valence-electron chi connectivity index (χ0n) is 16.6. The molecule has 1 aliphatic carbocycles. The summed E-state index contributed by atoms with van der Waals surface area (Å²) in [4.78, 5) is 28.9. The van der Waals surface area contributed by atoms with Crippen LogP contribution in [0.4, 0.5) is 4.79 Å². The molecule has 3 aliphatic rings. The molecule has 1 aromatic carbocycles. The summed E-state index contributed by atoms with van der Waals surface area (Å²) < 4.78 is 6.41. The van der Waals surface area contributed by atoms with Gasteiger partial charge >= 0.3 is 6.03 Å². The van der Waals surface area contributed by atoms with Crippen LogP contribution in [0.2, 0.25) is 0 Å². The first-order valence-corrected chi connectivity index (χ1v) is 9.94. The van der Waals surface area contributed by atoms with Crippen LogP contribution in [0.25, 0.3) is 0 Å². The molecule has 0 radical (unpaired) electrons. The van der Waals surface area contributed by atoms with Gasteiger partial charge in [-0.3, -0.25) is 14.7 Å². The lowest BCUT2D eigenvalue weighted by Crippen LogP contribution is -2.48. The largest absolute Gasteiger partial charge is 0.487 e. The Balaban J connectivity index is 0.00000240. The molecule has 158 valence electrons. The Morgan fingerprint density at radius 2 is 2.07 bits per heavy atom. The highest BCUT2D eigenvalue weighted by molar-refractivity contribution is 14.0. The van der Waals surface area contributed by atoms with Gasteiger partial charge in [-0.15, -0.1) is 24.0 Å². The highest BCUT2D eigenvalue weighted by Crippen LogP contribution is 2.46. The summed E-state index contributed by atoms with van der Waals surface area (Å²) in [6.07, 6.45) is 5.47. The van der Waals surface area contributed by atoms with Crippen molar-refractivity contribution < 1.29 is 14.3 Å². The molecule has 3 amide bonds. The average Bonchev–Trinajstić information content (AvgIpc) is 3.28. The molecule has 1 unspecified atom stereocenters. The fraction of sp³-hybridized carbons (Fsp3) is 0.550. The number of para-hydroxylation sites is 1. The number of carbonyl (C=O) groups is 2. The number of fused-ring (bicyclic) bond motifs is 1. The summed E-state index contributed by atoms with van der Waals surface area (Å²) in [5, 5.41) is 9.26. The summed E-state index contributed by atoms with van der Waals surface area (Å²) in [6, 6.07) is 7.93. The van der Waals surface area contributed by atoms with E-state index < -0.39 is 0 Å². The van der Waals surface area contributed by atoms with Crippen LogP contribution >= 0.6 is 24.0 Å². The summed E-state index contributed by atoms with van der Waals surface area (Å²) >= 11 is 0. The van der Waals surface area contributed by atoms with E-state index in [4.69, 9.17) is 4.74 Å². The van der Waals surface area contributed by atoms with Gasteiger partial charge in [-0.25, -0.2) is 4.79 Å². The Hall–Kier alpha value is -2.04. The molecule has 2 fully saturated rings. The van der Waals surface area contributed by atoms with Gasteiger partial charge in [-0.2, -0.15) is 0 Å². The first-order valence-electron chi connectivity index (χ1n) is 9.94. The van der Waals surface area contributed by atoms with Gasteiger partial charge in [0.1, 0.15) is 11.4 Å². The quantitative estimate of drug-likeness (QED) is 0.248. The lowest BCUT2D eigenvalue weighted by Gasteiger charge is -2.40. The monoisotopic (exact) mass is 513 g/mol. The molecule has 0 bridgehead atoms. The minimum absolute atomic E-state index is 0. The van der Waals surface area contributed by atoms with Crippen molar-refractivity contribution >= 4 is 41.9 Å². The Morgan fingerprint density at radius 1 is 1.31 bits per heavy atom. The van der Waals surface area contributed by atoms with Crippen LogP contribution in [-0.2, 0) is 4.79 Å². The van der Waals surface area contributed by atoms with Gasteiger partial charge in [0, 0.05) is 32.1 Å². The highest BCUT2D eigenvalue weighted by atomic mass is 127. The van der Waals surface area contributed by atoms with Gasteiger partial charge in [-0.1, -0.05) is 18.2 Å². The number of halogens is 1. The number of nitrogens with zero attached hydrogens (tertiary/aromatic N) is 2. The van der Waals surface area contributed by atoms with Crippen molar-refractivity contribution in [3.63, 3.8) is 0 Å². The fourth-order valence-electron chi connectivity index (χ4n) is 4.40. The van der Waals surface area contributed by atoms with Gasteiger partial charge in [0.15, 0.2) is 5.96 Å². The third kappa shape index (κ3) is 4.59. The second-order valence-corrected chi connectivity index (χ2v) is 7.63. The van der Waals surface area contributed by atoms with Crippen molar-refractivity contribution in [1.82, 2.24) is 20.9 Å². The number of urea groups is 1. The molecule has 3 N–H and O–H groups in total. The molecule has 2 aliphatic heterocycles. The zero-order chi connectivity index (χ0) is 19.6. The van der Waals surface area contributed by atoms with E-state index in [1.165, 1.54) is 17.7 Å². The predicted octanol–water partition coefficient (Wildman–Crippen LogP) is 2.16. The van der Waals surface area contributed by atoms with Crippen LogP contribution in [0.5, 0.6) is 5.75 Å². The van der Waals surface area contributed by atoms with Crippen molar-refractivity contribution in [1.29, 1.82) is 0 Å². The Bertz CT molecular complexity index is 778. The number of nitrogens with one attached hydrogen (secondary N) is 3. The Morgan fingerprint density at radius 3 is 2.76 bits per heavy atom. The number of rotatable bonds is 4. The van der Waals surface area contributed by atoms with E-state index >= 15 is 0 Å². The SMILES string of the molecule is CN=C(NCCN1C(=O)CNC1=O)NC1CC2(CCCC2)Oc2ccccc21.I.